The van der Waals surface area contributed by atoms with Crippen LogP contribution in [0.25, 0.3) is 11.3 Å². The van der Waals surface area contributed by atoms with Crippen LogP contribution in [-0.4, -0.2) is 22.4 Å². The van der Waals surface area contributed by atoms with E-state index in [4.69, 9.17) is 0 Å². The maximum Gasteiger partial charge on any atom is 0.435 e. The Kier molecular flexibility index (Phi) is 5.00. The molecule has 0 aliphatic heterocycles. The minimum Gasteiger partial charge on any atom is -0.383 e. The van der Waals surface area contributed by atoms with Crippen LogP contribution in [0.5, 0.6) is 0 Å². The van der Waals surface area contributed by atoms with Crippen molar-refractivity contribution in [1.29, 1.82) is 0 Å². The summed E-state index contributed by atoms with van der Waals surface area (Å²) in [4.78, 5) is 7.05. The molecule has 2 aromatic heterocycles. The van der Waals surface area contributed by atoms with Gasteiger partial charge in [-0.25, -0.2) is 18.2 Å². The molecule has 3 nitrogen and oxygen atoms in total. The van der Waals surface area contributed by atoms with Crippen LogP contribution in [0.3, 0.4) is 0 Å². The van der Waals surface area contributed by atoms with E-state index < -0.39 is 35.7 Å². The van der Waals surface area contributed by atoms with Crippen molar-refractivity contribution in [2.75, 3.05) is 11.9 Å². The lowest BCUT2D eigenvalue weighted by Gasteiger charge is -2.16. The number of hydrogen-bond acceptors (Lipinski definition) is 3. The van der Waals surface area contributed by atoms with Crippen molar-refractivity contribution in [2.45, 2.75) is 25.4 Å². The lowest BCUT2D eigenvalue weighted by molar-refractivity contribution is -0.140. The van der Waals surface area contributed by atoms with E-state index in [2.05, 4.69) is 15.3 Å². The van der Waals surface area contributed by atoms with Crippen LogP contribution in [0.1, 0.15) is 19.0 Å². The van der Waals surface area contributed by atoms with E-state index in [0.29, 0.717) is 6.92 Å². The molecule has 0 saturated carbocycles. The molecule has 130 valence electrons. The standard InChI is InChI=1S/C15H13F6N3/c1-14(17,18)4-5-23-12-3-2-11(24-13(12)15(19,20)21)9-6-10(16)8-22-7-9/h2-3,6-8,23H,4-5H2,1H3. The first-order valence-electron chi connectivity index (χ1n) is 6.87. The molecule has 2 heterocycles. The summed E-state index contributed by atoms with van der Waals surface area (Å²) < 4.78 is 78.1. The van der Waals surface area contributed by atoms with E-state index in [9.17, 15) is 26.3 Å². The summed E-state index contributed by atoms with van der Waals surface area (Å²) in [6.45, 7) is 0.326. The Hall–Kier alpha value is -2.32. The molecule has 0 aliphatic carbocycles. The number of rotatable bonds is 5. The van der Waals surface area contributed by atoms with E-state index in [0.717, 1.165) is 18.3 Å². The smallest absolute Gasteiger partial charge is 0.383 e. The summed E-state index contributed by atoms with van der Waals surface area (Å²) in [6, 6.07) is 3.31. The van der Waals surface area contributed by atoms with Gasteiger partial charge in [0.25, 0.3) is 0 Å². The zero-order valence-electron chi connectivity index (χ0n) is 12.5. The average Bonchev–Trinajstić information content (AvgIpc) is 2.45. The molecule has 0 aromatic carbocycles. The summed E-state index contributed by atoms with van der Waals surface area (Å²) in [6.07, 6.45) is -3.33. The van der Waals surface area contributed by atoms with Crippen molar-refractivity contribution in [1.82, 2.24) is 9.97 Å². The molecule has 0 bridgehead atoms. The third kappa shape index (κ3) is 4.84. The number of hydrogen-bond donors (Lipinski definition) is 1. The lowest BCUT2D eigenvalue weighted by atomic mass is 10.1. The van der Waals surface area contributed by atoms with Crippen LogP contribution in [0, 0.1) is 5.82 Å². The summed E-state index contributed by atoms with van der Waals surface area (Å²) in [7, 11) is 0. The molecule has 0 amide bonds. The largest absolute Gasteiger partial charge is 0.435 e. The number of anilines is 1. The second-order valence-electron chi connectivity index (χ2n) is 5.23. The Morgan fingerprint density at radius 3 is 2.38 bits per heavy atom. The highest BCUT2D eigenvalue weighted by Gasteiger charge is 2.36. The molecule has 1 N–H and O–H groups in total. The minimum absolute atomic E-state index is 0.0761. The number of nitrogens with zero attached hydrogens (tertiary/aromatic N) is 2. The topological polar surface area (TPSA) is 37.8 Å². The van der Waals surface area contributed by atoms with Gasteiger partial charge in [0.1, 0.15) is 5.82 Å². The van der Waals surface area contributed by atoms with E-state index in [-0.39, 0.29) is 17.8 Å². The predicted molar refractivity (Wildman–Crippen MR) is 76.2 cm³/mol. The van der Waals surface area contributed by atoms with Gasteiger partial charge in [-0.3, -0.25) is 4.98 Å². The van der Waals surface area contributed by atoms with E-state index >= 15 is 0 Å². The second-order valence-corrected chi connectivity index (χ2v) is 5.23. The lowest BCUT2D eigenvalue weighted by Crippen LogP contribution is -2.19. The first kappa shape index (κ1) is 18.0. The molecule has 2 aromatic rings. The number of aromatic nitrogens is 2. The van der Waals surface area contributed by atoms with Crippen LogP contribution in [0.15, 0.2) is 30.6 Å². The molecule has 0 atom stereocenters. The molecular weight excluding hydrogens is 336 g/mol. The second kappa shape index (κ2) is 6.66. The Morgan fingerprint density at radius 1 is 1.08 bits per heavy atom. The van der Waals surface area contributed by atoms with E-state index in [1.54, 1.807) is 0 Å². The van der Waals surface area contributed by atoms with Gasteiger partial charge in [0.2, 0.25) is 5.92 Å². The van der Waals surface area contributed by atoms with Crippen molar-refractivity contribution < 1.29 is 26.3 Å². The van der Waals surface area contributed by atoms with Gasteiger partial charge in [-0.1, -0.05) is 0 Å². The monoisotopic (exact) mass is 349 g/mol. The molecule has 0 saturated heterocycles. The molecule has 0 aliphatic rings. The van der Waals surface area contributed by atoms with Crippen LogP contribution in [0.4, 0.5) is 32.0 Å². The number of alkyl halides is 5. The fraction of sp³-hybridized carbons (Fsp3) is 0.333. The molecule has 24 heavy (non-hydrogen) atoms. The van der Waals surface area contributed by atoms with Gasteiger partial charge in [0.05, 0.1) is 17.6 Å². The highest BCUT2D eigenvalue weighted by Crippen LogP contribution is 2.35. The van der Waals surface area contributed by atoms with Crippen LogP contribution in [-0.2, 0) is 6.18 Å². The Labute approximate surface area is 133 Å². The Balaban J connectivity index is 2.32. The van der Waals surface area contributed by atoms with E-state index in [1.165, 1.54) is 12.3 Å². The minimum atomic E-state index is -4.80. The normalized spacial score (nSPS) is 12.3. The molecule has 0 radical (unpaired) electrons. The molecule has 9 heteroatoms. The average molecular weight is 349 g/mol. The number of nitrogens with one attached hydrogen (secondary N) is 1. The third-order valence-electron chi connectivity index (χ3n) is 3.04. The zero-order valence-corrected chi connectivity index (χ0v) is 12.5. The molecule has 2 rings (SSSR count). The molecule has 0 fully saturated rings. The zero-order chi connectivity index (χ0) is 18.0. The molecule has 0 spiro atoms. The number of pyridine rings is 2. The van der Waals surface area contributed by atoms with Crippen molar-refractivity contribution in [3.63, 3.8) is 0 Å². The summed E-state index contributed by atoms with van der Waals surface area (Å²) in [5, 5.41) is 2.31. The van der Waals surface area contributed by atoms with Crippen LogP contribution in [0.2, 0.25) is 0 Å². The van der Waals surface area contributed by atoms with Gasteiger partial charge >= 0.3 is 6.18 Å². The van der Waals surface area contributed by atoms with E-state index in [1.807, 2.05) is 0 Å². The Bertz CT molecular complexity index is 709. The van der Waals surface area contributed by atoms with Crippen LogP contribution >= 0.6 is 0 Å². The quantitative estimate of drug-likeness (QED) is 0.791. The SMILES string of the molecule is CC(F)(F)CCNc1ccc(-c2cncc(F)c2)nc1C(F)(F)F. The molecule has 0 unspecified atom stereocenters. The van der Waals surface area contributed by atoms with Gasteiger partial charge in [0, 0.05) is 24.7 Å². The van der Waals surface area contributed by atoms with Gasteiger partial charge < -0.3 is 5.32 Å². The van der Waals surface area contributed by atoms with Crippen LogP contribution < -0.4 is 5.32 Å². The molecular formula is C15H13F6N3. The van der Waals surface area contributed by atoms with Gasteiger partial charge in [0.15, 0.2) is 5.69 Å². The Morgan fingerprint density at radius 2 is 1.79 bits per heavy atom. The summed E-state index contributed by atoms with van der Waals surface area (Å²) in [5.74, 6) is -3.71. The van der Waals surface area contributed by atoms with Crippen molar-refractivity contribution in [3.8, 4) is 11.3 Å². The maximum atomic E-state index is 13.1. The third-order valence-corrected chi connectivity index (χ3v) is 3.04. The van der Waals surface area contributed by atoms with Crippen molar-refractivity contribution >= 4 is 5.69 Å². The number of halogens is 6. The first-order valence-corrected chi connectivity index (χ1v) is 6.87. The van der Waals surface area contributed by atoms with Gasteiger partial charge in [-0.2, -0.15) is 13.2 Å². The fourth-order valence-electron chi connectivity index (χ4n) is 1.95. The highest BCUT2D eigenvalue weighted by molar-refractivity contribution is 5.62. The summed E-state index contributed by atoms with van der Waals surface area (Å²) >= 11 is 0. The fourth-order valence-corrected chi connectivity index (χ4v) is 1.95. The maximum absolute atomic E-state index is 13.1. The predicted octanol–water partition coefficient (Wildman–Crippen LogP) is 4.76. The van der Waals surface area contributed by atoms with Crippen molar-refractivity contribution in [2.24, 2.45) is 0 Å². The highest BCUT2D eigenvalue weighted by atomic mass is 19.4. The summed E-state index contributed by atoms with van der Waals surface area (Å²) in [5.41, 5.74) is -1.73. The van der Waals surface area contributed by atoms with Gasteiger partial charge in [-0.15, -0.1) is 0 Å². The van der Waals surface area contributed by atoms with Crippen molar-refractivity contribution in [3.05, 3.63) is 42.1 Å². The first-order chi connectivity index (χ1) is 11.1. The van der Waals surface area contributed by atoms with Gasteiger partial charge in [-0.05, 0) is 25.1 Å².